The summed E-state index contributed by atoms with van der Waals surface area (Å²) < 4.78 is 45.0. The highest BCUT2D eigenvalue weighted by Gasteiger charge is 2.31. The van der Waals surface area contributed by atoms with Crippen molar-refractivity contribution in [3.8, 4) is 0 Å². The van der Waals surface area contributed by atoms with Crippen LogP contribution in [0.15, 0.2) is 143 Å². The minimum absolute atomic E-state index is 0.0252. The number of anilines is 2. The number of thioether (sulfide) groups is 1. The SMILES string of the molecule is O=C(Nc1ccc(SC(C(=O)Nc2cccc(C(F)(F)F)c2)c2ccccc2)cc1)/C(=C/c1ccco1)NC(=O)c1ccccc1. The summed E-state index contributed by atoms with van der Waals surface area (Å²) in [6.07, 6.45) is -1.69. The van der Waals surface area contributed by atoms with Crippen LogP contribution in [0.25, 0.3) is 6.08 Å². The number of hydrogen-bond donors (Lipinski definition) is 3. The minimum Gasteiger partial charge on any atom is -0.465 e. The standard InChI is InChI=1S/C35H26F3N3O4S/c36-35(37,38)25-13-7-14-27(21-25)40-34(44)31(23-9-3-1-4-10-23)46-29-18-16-26(17-19-29)39-33(43)30(22-28-15-8-20-45-28)41-32(42)24-11-5-2-6-12-24/h1-22,31H,(H,39,43)(H,40,44)(H,41,42)/b30-22-. The highest BCUT2D eigenvalue weighted by atomic mass is 32.2. The lowest BCUT2D eigenvalue weighted by atomic mass is 10.1. The Hall–Kier alpha value is -5.55. The smallest absolute Gasteiger partial charge is 0.416 e. The molecule has 0 spiro atoms. The molecule has 11 heteroatoms. The predicted molar refractivity (Wildman–Crippen MR) is 171 cm³/mol. The number of furan rings is 1. The Kier molecular flexibility index (Phi) is 10.0. The average Bonchev–Trinajstić information content (AvgIpc) is 3.58. The Labute approximate surface area is 266 Å². The van der Waals surface area contributed by atoms with Crippen molar-refractivity contribution in [1.29, 1.82) is 0 Å². The number of hydrogen-bond acceptors (Lipinski definition) is 5. The quantitative estimate of drug-likeness (QED) is 0.106. The second-order valence-corrected chi connectivity index (χ2v) is 11.0. The fourth-order valence-corrected chi connectivity index (χ4v) is 5.32. The molecule has 0 aliphatic rings. The molecule has 1 unspecified atom stereocenters. The van der Waals surface area contributed by atoms with E-state index in [1.165, 1.54) is 36.2 Å². The summed E-state index contributed by atoms with van der Waals surface area (Å²) >= 11 is 1.19. The van der Waals surface area contributed by atoms with E-state index in [4.69, 9.17) is 4.42 Å². The molecule has 1 heterocycles. The topological polar surface area (TPSA) is 100 Å². The van der Waals surface area contributed by atoms with Crippen LogP contribution in [0.3, 0.4) is 0 Å². The van der Waals surface area contributed by atoms with Crippen molar-refractivity contribution >= 4 is 46.9 Å². The van der Waals surface area contributed by atoms with E-state index >= 15 is 0 Å². The fraction of sp³-hybridized carbons (Fsp3) is 0.0571. The van der Waals surface area contributed by atoms with Crippen LogP contribution in [0.2, 0.25) is 0 Å². The third-order valence-electron chi connectivity index (χ3n) is 6.52. The van der Waals surface area contributed by atoms with E-state index in [-0.39, 0.29) is 11.4 Å². The van der Waals surface area contributed by atoms with Crippen molar-refractivity contribution in [2.24, 2.45) is 0 Å². The number of benzene rings is 4. The molecule has 0 bridgehead atoms. The van der Waals surface area contributed by atoms with Crippen LogP contribution in [0.1, 0.15) is 32.5 Å². The highest BCUT2D eigenvalue weighted by Crippen LogP contribution is 2.37. The van der Waals surface area contributed by atoms with Crippen molar-refractivity contribution in [2.75, 3.05) is 10.6 Å². The molecule has 4 aromatic carbocycles. The first-order valence-electron chi connectivity index (χ1n) is 13.9. The van der Waals surface area contributed by atoms with Gasteiger partial charge >= 0.3 is 6.18 Å². The molecule has 232 valence electrons. The zero-order chi connectivity index (χ0) is 32.5. The Bertz CT molecular complexity index is 1830. The molecule has 0 aliphatic heterocycles. The van der Waals surface area contributed by atoms with Gasteiger partial charge in [-0.2, -0.15) is 13.2 Å². The minimum atomic E-state index is -4.55. The molecule has 1 atom stereocenters. The normalized spacial score (nSPS) is 12.2. The zero-order valence-electron chi connectivity index (χ0n) is 24.0. The maximum atomic E-state index is 13.4. The number of halogens is 3. The Morgan fingerprint density at radius 1 is 0.739 bits per heavy atom. The van der Waals surface area contributed by atoms with Gasteiger partial charge in [-0.25, -0.2) is 0 Å². The Morgan fingerprint density at radius 2 is 1.43 bits per heavy atom. The van der Waals surface area contributed by atoms with E-state index in [1.54, 1.807) is 97.1 Å². The van der Waals surface area contributed by atoms with E-state index in [9.17, 15) is 27.6 Å². The number of amides is 3. The Morgan fingerprint density at radius 3 is 2.09 bits per heavy atom. The maximum Gasteiger partial charge on any atom is 0.416 e. The molecule has 0 saturated heterocycles. The molecule has 0 radical (unpaired) electrons. The van der Waals surface area contributed by atoms with Gasteiger partial charge in [-0.1, -0.05) is 54.6 Å². The van der Waals surface area contributed by atoms with Gasteiger partial charge in [0.1, 0.15) is 16.7 Å². The van der Waals surface area contributed by atoms with Gasteiger partial charge in [-0.3, -0.25) is 14.4 Å². The number of nitrogens with one attached hydrogen (secondary N) is 3. The van der Waals surface area contributed by atoms with Gasteiger partial charge in [0.25, 0.3) is 11.8 Å². The van der Waals surface area contributed by atoms with Crippen LogP contribution in [-0.4, -0.2) is 17.7 Å². The lowest BCUT2D eigenvalue weighted by Gasteiger charge is -2.18. The molecule has 0 aliphatic carbocycles. The summed E-state index contributed by atoms with van der Waals surface area (Å²) in [4.78, 5) is 40.1. The third kappa shape index (κ3) is 8.54. The molecule has 3 amide bonds. The summed E-state index contributed by atoms with van der Waals surface area (Å²) in [5.74, 6) is -1.21. The molecule has 5 rings (SSSR count). The summed E-state index contributed by atoms with van der Waals surface area (Å²) in [5, 5.41) is 7.19. The van der Waals surface area contributed by atoms with Gasteiger partial charge in [-0.05, 0) is 72.3 Å². The maximum absolute atomic E-state index is 13.4. The van der Waals surface area contributed by atoms with Gasteiger partial charge in [0.15, 0.2) is 0 Å². The van der Waals surface area contributed by atoms with Crippen molar-refractivity contribution in [3.05, 3.63) is 156 Å². The van der Waals surface area contributed by atoms with Gasteiger partial charge in [0.2, 0.25) is 5.91 Å². The second-order valence-electron chi connectivity index (χ2n) is 9.85. The fourth-order valence-electron chi connectivity index (χ4n) is 4.29. The zero-order valence-corrected chi connectivity index (χ0v) is 24.8. The highest BCUT2D eigenvalue weighted by molar-refractivity contribution is 8.00. The summed E-state index contributed by atoms with van der Waals surface area (Å²) in [7, 11) is 0. The first-order chi connectivity index (χ1) is 22.2. The van der Waals surface area contributed by atoms with Crippen molar-refractivity contribution < 1.29 is 32.0 Å². The van der Waals surface area contributed by atoms with Crippen molar-refractivity contribution in [2.45, 2.75) is 16.3 Å². The summed E-state index contributed by atoms with van der Waals surface area (Å²) in [6, 6.07) is 31.7. The molecular weight excluding hydrogens is 615 g/mol. The van der Waals surface area contributed by atoms with Gasteiger partial charge in [0, 0.05) is 27.9 Å². The van der Waals surface area contributed by atoms with E-state index in [0.29, 0.717) is 27.5 Å². The third-order valence-corrected chi connectivity index (χ3v) is 7.79. The van der Waals surface area contributed by atoms with E-state index in [2.05, 4.69) is 16.0 Å². The molecule has 3 N–H and O–H groups in total. The van der Waals surface area contributed by atoms with E-state index in [1.807, 2.05) is 0 Å². The number of alkyl halides is 3. The van der Waals surface area contributed by atoms with Crippen LogP contribution in [0.4, 0.5) is 24.5 Å². The van der Waals surface area contributed by atoms with Gasteiger partial charge in [-0.15, -0.1) is 11.8 Å². The monoisotopic (exact) mass is 641 g/mol. The van der Waals surface area contributed by atoms with Crippen molar-refractivity contribution in [1.82, 2.24) is 5.32 Å². The predicted octanol–water partition coefficient (Wildman–Crippen LogP) is 8.18. The first kappa shape index (κ1) is 31.9. The molecule has 0 saturated carbocycles. The molecule has 1 aromatic heterocycles. The summed E-state index contributed by atoms with van der Waals surface area (Å²) in [5.41, 5.74) is 0.546. The largest absolute Gasteiger partial charge is 0.465 e. The van der Waals surface area contributed by atoms with Gasteiger partial charge in [0.05, 0.1) is 11.8 Å². The number of rotatable bonds is 10. The van der Waals surface area contributed by atoms with Crippen LogP contribution >= 0.6 is 11.8 Å². The summed E-state index contributed by atoms with van der Waals surface area (Å²) in [6.45, 7) is 0. The van der Waals surface area contributed by atoms with Crippen LogP contribution < -0.4 is 16.0 Å². The molecular formula is C35H26F3N3O4S. The average molecular weight is 642 g/mol. The molecule has 46 heavy (non-hydrogen) atoms. The van der Waals surface area contributed by atoms with Crippen LogP contribution in [0.5, 0.6) is 0 Å². The number of carbonyl (C=O) groups excluding carboxylic acids is 3. The molecule has 0 fully saturated rings. The van der Waals surface area contributed by atoms with E-state index in [0.717, 1.165) is 12.1 Å². The van der Waals surface area contributed by atoms with Gasteiger partial charge < -0.3 is 20.4 Å². The second kappa shape index (κ2) is 14.5. The number of carbonyl (C=O) groups is 3. The van der Waals surface area contributed by atoms with Crippen LogP contribution in [0, 0.1) is 0 Å². The lowest BCUT2D eigenvalue weighted by Crippen LogP contribution is -2.30. The van der Waals surface area contributed by atoms with Crippen molar-refractivity contribution in [3.63, 3.8) is 0 Å². The molecule has 7 nitrogen and oxygen atoms in total. The Balaban J connectivity index is 1.31. The van der Waals surface area contributed by atoms with Crippen LogP contribution in [-0.2, 0) is 15.8 Å². The van der Waals surface area contributed by atoms with E-state index < -0.39 is 34.7 Å². The molecule has 5 aromatic rings. The lowest BCUT2D eigenvalue weighted by molar-refractivity contribution is -0.137. The first-order valence-corrected chi connectivity index (χ1v) is 14.8.